The normalized spacial score (nSPS) is 15.2. The summed E-state index contributed by atoms with van der Waals surface area (Å²) in [6, 6.07) is 11.4. The molecule has 3 heterocycles. The van der Waals surface area contributed by atoms with Gasteiger partial charge in [0, 0.05) is 45.1 Å². The molecule has 8 nitrogen and oxygen atoms in total. The lowest BCUT2D eigenvalue weighted by atomic mass is 10.1. The molecule has 1 aliphatic rings. The van der Waals surface area contributed by atoms with E-state index in [1.165, 1.54) is 16.6 Å². The van der Waals surface area contributed by atoms with Gasteiger partial charge in [0.1, 0.15) is 6.33 Å². The zero-order valence-corrected chi connectivity index (χ0v) is 14.3. The molecular weight excluding hydrogens is 330 g/mol. The summed E-state index contributed by atoms with van der Waals surface area (Å²) in [5.41, 5.74) is 2.50. The summed E-state index contributed by atoms with van der Waals surface area (Å²) in [6.07, 6.45) is 5.17. The second-order valence-corrected chi connectivity index (χ2v) is 6.20. The molecule has 0 unspecified atom stereocenters. The first-order valence-electron chi connectivity index (χ1n) is 8.54. The molecule has 4 rings (SSSR count). The molecule has 0 saturated carbocycles. The Morgan fingerprint density at radius 2 is 1.88 bits per heavy atom. The third-order valence-electron chi connectivity index (χ3n) is 4.52. The van der Waals surface area contributed by atoms with Crippen molar-refractivity contribution in [3.63, 3.8) is 0 Å². The van der Waals surface area contributed by atoms with Crippen LogP contribution < -0.4 is 0 Å². The minimum absolute atomic E-state index is 0.0112. The van der Waals surface area contributed by atoms with E-state index in [0.29, 0.717) is 24.3 Å². The molecule has 8 heteroatoms. The highest BCUT2D eigenvalue weighted by Crippen LogP contribution is 2.17. The number of para-hydroxylation sites is 1. The smallest absolute Gasteiger partial charge is 0.256 e. The highest BCUT2D eigenvalue weighted by molar-refractivity contribution is 5.97. The third-order valence-corrected chi connectivity index (χ3v) is 4.52. The van der Waals surface area contributed by atoms with Gasteiger partial charge in [-0.25, -0.2) is 0 Å². The van der Waals surface area contributed by atoms with Gasteiger partial charge in [0.05, 0.1) is 11.3 Å². The van der Waals surface area contributed by atoms with Crippen LogP contribution >= 0.6 is 0 Å². The van der Waals surface area contributed by atoms with Crippen molar-refractivity contribution in [1.82, 2.24) is 35.0 Å². The molecule has 0 bridgehead atoms. The van der Waals surface area contributed by atoms with Gasteiger partial charge in [0.25, 0.3) is 5.91 Å². The third kappa shape index (κ3) is 3.45. The number of amides is 1. The quantitative estimate of drug-likeness (QED) is 0.699. The van der Waals surface area contributed by atoms with Crippen molar-refractivity contribution in [2.24, 2.45) is 0 Å². The van der Waals surface area contributed by atoms with Crippen LogP contribution in [0.2, 0.25) is 0 Å². The number of hydrogen-bond donors (Lipinski definition) is 0. The summed E-state index contributed by atoms with van der Waals surface area (Å²) in [7, 11) is 0. The lowest BCUT2D eigenvalue weighted by Crippen LogP contribution is -2.48. The van der Waals surface area contributed by atoms with Gasteiger partial charge in [-0.15, -0.1) is 5.10 Å². The molecule has 0 aliphatic carbocycles. The van der Waals surface area contributed by atoms with E-state index in [1.807, 2.05) is 41.4 Å². The fraction of sp³-hybridized carbons (Fsp3) is 0.278. The van der Waals surface area contributed by atoms with Gasteiger partial charge in [0.15, 0.2) is 0 Å². The summed E-state index contributed by atoms with van der Waals surface area (Å²) in [6.45, 7) is 3.94. The first-order valence-corrected chi connectivity index (χ1v) is 8.54. The lowest BCUT2D eigenvalue weighted by Gasteiger charge is -2.35. The molecule has 26 heavy (non-hydrogen) atoms. The van der Waals surface area contributed by atoms with E-state index in [4.69, 9.17) is 0 Å². The number of carbonyl (C=O) groups is 1. The maximum absolute atomic E-state index is 13.0. The number of piperazine rings is 1. The van der Waals surface area contributed by atoms with Crippen molar-refractivity contribution in [3.05, 3.63) is 66.2 Å². The van der Waals surface area contributed by atoms with Crippen LogP contribution in [0, 0.1) is 0 Å². The predicted molar refractivity (Wildman–Crippen MR) is 94.6 cm³/mol. The van der Waals surface area contributed by atoms with Crippen LogP contribution in [0.5, 0.6) is 0 Å². The summed E-state index contributed by atoms with van der Waals surface area (Å²) in [5, 5.41) is 11.2. The summed E-state index contributed by atoms with van der Waals surface area (Å²) < 4.78 is 1.52. The van der Waals surface area contributed by atoms with E-state index in [0.717, 1.165) is 19.6 Å². The number of benzene rings is 1. The topological polar surface area (TPSA) is 80.0 Å². The van der Waals surface area contributed by atoms with Crippen molar-refractivity contribution in [3.8, 4) is 5.69 Å². The summed E-state index contributed by atoms with van der Waals surface area (Å²) in [4.78, 5) is 21.4. The average Bonchev–Trinajstić information content (AvgIpc) is 3.24. The molecule has 0 radical (unpaired) electrons. The predicted octanol–water partition coefficient (Wildman–Crippen LogP) is 1.02. The highest BCUT2D eigenvalue weighted by Gasteiger charge is 2.24. The average molecular weight is 349 g/mol. The largest absolute Gasteiger partial charge is 0.336 e. The van der Waals surface area contributed by atoms with Gasteiger partial charge in [-0.05, 0) is 34.2 Å². The van der Waals surface area contributed by atoms with Crippen LogP contribution in [0.25, 0.3) is 5.69 Å². The molecule has 1 fully saturated rings. The molecule has 0 atom stereocenters. The van der Waals surface area contributed by atoms with E-state index in [-0.39, 0.29) is 5.91 Å². The first kappa shape index (κ1) is 16.3. The standard InChI is InChI=1S/C18H19N7O/c26-18(16-5-1-2-6-17(16)25-14-20-21-22-25)24-10-8-23(9-11-24)13-15-4-3-7-19-12-15/h1-7,12,14H,8-11,13H2. The van der Waals surface area contributed by atoms with Gasteiger partial charge in [0.2, 0.25) is 0 Å². The minimum atomic E-state index is 0.0112. The van der Waals surface area contributed by atoms with Crippen molar-refractivity contribution < 1.29 is 4.79 Å². The first-order chi connectivity index (χ1) is 12.8. The highest BCUT2D eigenvalue weighted by atomic mass is 16.2. The van der Waals surface area contributed by atoms with Gasteiger partial charge in [-0.1, -0.05) is 18.2 Å². The molecule has 0 N–H and O–H groups in total. The Morgan fingerprint density at radius 3 is 2.62 bits per heavy atom. The number of rotatable bonds is 4. The van der Waals surface area contributed by atoms with Gasteiger partial charge in [-0.2, -0.15) is 4.68 Å². The Bertz CT molecular complexity index is 858. The summed E-state index contributed by atoms with van der Waals surface area (Å²) >= 11 is 0. The fourth-order valence-corrected chi connectivity index (χ4v) is 3.16. The molecule has 3 aromatic rings. The Hall–Kier alpha value is -3.13. The van der Waals surface area contributed by atoms with Crippen LogP contribution in [-0.2, 0) is 6.54 Å². The molecule has 0 spiro atoms. The van der Waals surface area contributed by atoms with Gasteiger partial charge >= 0.3 is 0 Å². The van der Waals surface area contributed by atoms with Crippen molar-refractivity contribution in [2.75, 3.05) is 26.2 Å². The maximum atomic E-state index is 13.0. The second-order valence-electron chi connectivity index (χ2n) is 6.20. The lowest BCUT2D eigenvalue weighted by molar-refractivity contribution is 0.0628. The van der Waals surface area contributed by atoms with E-state index in [9.17, 15) is 4.79 Å². The molecule has 132 valence electrons. The van der Waals surface area contributed by atoms with Crippen molar-refractivity contribution in [2.45, 2.75) is 6.54 Å². The number of tetrazole rings is 1. The minimum Gasteiger partial charge on any atom is -0.336 e. The van der Waals surface area contributed by atoms with Crippen LogP contribution in [0.1, 0.15) is 15.9 Å². The number of nitrogens with zero attached hydrogens (tertiary/aromatic N) is 7. The zero-order valence-electron chi connectivity index (χ0n) is 14.3. The van der Waals surface area contributed by atoms with E-state index in [1.54, 1.807) is 6.20 Å². The van der Waals surface area contributed by atoms with E-state index < -0.39 is 0 Å². The molecule has 1 amide bonds. The molecule has 1 saturated heterocycles. The second kappa shape index (κ2) is 7.40. The van der Waals surface area contributed by atoms with E-state index in [2.05, 4.69) is 31.5 Å². The monoisotopic (exact) mass is 349 g/mol. The Morgan fingerprint density at radius 1 is 1.04 bits per heavy atom. The maximum Gasteiger partial charge on any atom is 0.256 e. The van der Waals surface area contributed by atoms with Crippen molar-refractivity contribution >= 4 is 5.91 Å². The number of pyridine rings is 1. The van der Waals surface area contributed by atoms with Gasteiger partial charge in [-0.3, -0.25) is 14.7 Å². The number of carbonyl (C=O) groups excluding carboxylic acids is 1. The van der Waals surface area contributed by atoms with Crippen LogP contribution in [0.15, 0.2) is 55.1 Å². The molecule has 1 aliphatic heterocycles. The number of hydrogen-bond acceptors (Lipinski definition) is 6. The Labute approximate surface area is 151 Å². The van der Waals surface area contributed by atoms with E-state index >= 15 is 0 Å². The fourth-order valence-electron chi connectivity index (χ4n) is 3.16. The SMILES string of the molecule is O=C(c1ccccc1-n1cnnn1)N1CCN(Cc2cccnc2)CC1. The van der Waals surface area contributed by atoms with Crippen LogP contribution in [0.4, 0.5) is 0 Å². The Balaban J connectivity index is 1.43. The van der Waals surface area contributed by atoms with Crippen LogP contribution in [-0.4, -0.2) is 67.1 Å². The van der Waals surface area contributed by atoms with Gasteiger partial charge < -0.3 is 4.90 Å². The molecular formula is C18H19N7O. The Kier molecular flexibility index (Phi) is 4.65. The molecule has 1 aromatic carbocycles. The molecule has 2 aromatic heterocycles. The number of aromatic nitrogens is 5. The summed E-state index contributed by atoms with van der Waals surface area (Å²) in [5.74, 6) is 0.0112. The zero-order chi connectivity index (χ0) is 17.8. The van der Waals surface area contributed by atoms with Crippen molar-refractivity contribution in [1.29, 1.82) is 0 Å². The van der Waals surface area contributed by atoms with Crippen LogP contribution in [0.3, 0.4) is 0 Å².